The first-order chi connectivity index (χ1) is 6.18. The van der Waals surface area contributed by atoms with E-state index in [1.807, 2.05) is 19.1 Å². The van der Waals surface area contributed by atoms with Gasteiger partial charge in [0.05, 0.1) is 0 Å². The molecule has 0 N–H and O–H groups in total. The van der Waals surface area contributed by atoms with Gasteiger partial charge in [-0.15, -0.1) is 0 Å². The molecule has 0 spiro atoms. The molecule has 4 heteroatoms. The van der Waals surface area contributed by atoms with Crippen LogP contribution in [0.25, 0.3) is 0 Å². The Morgan fingerprint density at radius 1 is 1.29 bits per heavy atom. The standard InChI is InChI=1S/C8H7ClO2.C2H5.U/c1-6-2-4-7(5-3-6)11-8(9)10;1-2;/h2-5H,1H3;1H2,2H3;/q;-1;. The van der Waals surface area contributed by atoms with Gasteiger partial charge >= 0.3 is 5.43 Å². The van der Waals surface area contributed by atoms with Crippen molar-refractivity contribution in [1.29, 1.82) is 0 Å². The van der Waals surface area contributed by atoms with Crippen LogP contribution in [0.4, 0.5) is 4.79 Å². The largest absolute Gasteiger partial charge is 0.415 e. The van der Waals surface area contributed by atoms with Crippen molar-refractivity contribution >= 4 is 17.0 Å². The average molecular weight is 438 g/mol. The topological polar surface area (TPSA) is 26.3 Å². The molecule has 14 heavy (non-hydrogen) atoms. The van der Waals surface area contributed by atoms with Gasteiger partial charge in [0, 0.05) is 42.7 Å². The summed E-state index contributed by atoms with van der Waals surface area (Å²) in [6.07, 6.45) is 0. The van der Waals surface area contributed by atoms with E-state index in [1.165, 1.54) is 0 Å². The molecule has 0 aliphatic heterocycles. The summed E-state index contributed by atoms with van der Waals surface area (Å²) in [5.74, 6) is 0.468. The second-order valence-electron chi connectivity index (χ2n) is 2.15. The zero-order chi connectivity index (χ0) is 10.3. The fourth-order valence-electron chi connectivity index (χ4n) is 0.699. The second-order valence-corrected chi connectivity index (χ2v) is 2.46. The molecule has 0 aromatic heterocycles. The van der Waals surface area contributed by atoms with E-state index in [-0.39, 0.29) is 31.1 Å². The van der Waals surface area contributed by atoms with Crippen molar-refractivity contribution < 1.29 is 40.6 Å². The number of ether oxygens (including phenoxy) is 1. The Bertz CT molecular complexity index is 259. The molecule has 1 aromatic carbocycles. The van der Waals surface area contributed by atoms with Gasteiger partial charge in [-0.25, -0.2) is 4.79 Å². The summed E-state index contributed by atoms with van der Waals surface area (Å²) in [7, 11) is 0. The molecule has 0 saturated carbocycles. The van der Waals surface area contributed by atoms with E-state index < -0.39 is 5.43 Å². The molecule has 0 aliphatic carbocycles. The number of halogens is 1. The smallest absolute Gasteiger partial charge is 0.409 e. The Kier molecular flexibility index (Phi) is 11.3. The maximum absolute atomic E-state index is 10.2. The van der Waals surface area contributed by atoms with Crippen LogP contribution in [0.5, 0.6) is 5.75 Å². The molecule has 1 aromatic rings. The summed E-state index contributed by atoms with van der Waals surface area (Å²) in [5, 5.41) is 0. The van der Waals surface area contributed by atoms with Crippen molar-refractivity contribution in [3.63, 3.8) is 0 Å². The van der Waals surface area contributed by atoms with E-state index >= 15 is 0 Å². The summed E-state index contributed by atoms with van der Waals surface area (Å²) in [6, 6.07) is 7.07. The third-order valence-corrected chi connectivity index (χ3v) is 1.30. The maximum atomic E-state index is 10.2. The molecular formula is C10H12ClO2U-. The Balaban J connectivity index is 0. The molecule has 0 radical (unpaired) electrons. The fourth-order valence-corrected chi connectivity index (χ4v) is 0.788. The second kappa shape index (κ2) is 9.58. The molecule has 0 saturated heterocycles. The number of carbonyl (C=O) groups is 1. The van der Waals surface area contributed by atoms with E-state index in [9.17, 15) is 4.79 Å². The number of aryl methyl sites for hydroxylation is 1. The van der Waals surface area contributed by atoms with E-state index in [0.29, 0.717) is 5.75 Å². The molecule has 0 atom stereocenters. The molecule has 2 nitrogen and oxygen atoms in total. The normalized spacial score (nSPS) is 7.71. The minimum Gasteiger partial charge on any atom is -0.415 e. The van der Waals surface area contributed by atoms with Gasteiger partial charge in [0.15, 0.2) is 0 Å². The zero-order valence-corrected chi connectivity index (χ0v) is 13.1. The van der Waals surface area contributed by atoms with Crippen LogP contribution in [0, 0.1) is 45.0 Å². The van der Waals surface area contributed by atoms with Gasteiger partial charge in [0.2, 0.25) is 0 Å². The van der Waals surface area contributed by atoms with Crippen molar-refractivity contribution in [3.8, 4) is 5.75 Å². The van der Waals surface area contributed by atoms with Crippen LogP contribution in [-0.4, -0.2) is 5.43 Å². The average Bonchev–Trinajstić information content (AvgIpc) is 2.12. The van der Waals surface area contributed by atoms with Gasteiger partial charge in [-0.2, -0.15) is 6.92 Å². The van der Waals surface area contributed by atoms with E-state index in [0.717, 1.165) is 5.56 Å². The molecule has 0 heterocycles. The summed E-state index contributed by atoms with van der Waals surface area (Å²) in [5.41, 5.74) is 0.299. The number of hydrogen-bond acceptors (Lipinski definition) is 2. The Morgan fingerprint density at radius 2 is 1.71 bits per heavy atom. The number of rotatable bonds is 1. The minimum absolute atomic E-state index is 0. The number of hydrogen-bond donors (Lipinski definition) is 0. The zero-order valence-electron chi connectivity index (χ0n) is 8.21. The molecule has 0 amide bonds. The number of benzene rings is 1. The third-order valence-electron chi connectivity index (χ3n) is 1.22. The summed E-state index contributed by atoms with van der Waals surface area (Å²) in [6.45, 7) is 6.95. The molecule has 76 valence electrons. The van der Waals surface area contributed by atoms with Crippen LogP contribution in [0.2, 0.25) is 0 Å². The predicted octanol–water partition coefficient (Wildman–Crippen LogP) is 3.57. The van der Waals surface area contributed by atoms with Gasteiger partial charge in [0.1, 0.15) is 5.75 Å². The van der Waals surface area contributed by atoms with Crippen molar-refractivity contribution in [2.24, 2.45) is 0 Å². The van der Waals surface area contributed by atoms with Crippen LogP contribution in [0.1, 0.15) is 12.5 Å². The minimum atomic E-state index is -0.811. The van der Waals surface area contributed by atoms with Crippen LogP contribution in [0.3, 0.4) is 0 Å². The van der Waals surface area contributed by atoms with Crippen LogP contribution in [0.15, 0.2) is 24.3 Å². The summed E-state index contributed by atoms with van der Waals surface area (Å²) in [4.78, 5) is 10.2. The van der Waals surface area contributed by atoms with Crippen LogP contribution >= 0.6 is 11.6 Å². The third kappa shape index (κ3) is 7.44. The summed E-state index contributed by atoms with van der Waals surface area (Å²) < 4.78 is 4.60. The van der Waals surface area contributed by atoms with Gasteiger partial charge in [-0.1, -0.05) is 17.7 Å². The van der Waals surface area contributed by atoms with Crippen molar-refractivity contribution in [1.82, 2.24) is 0 Å². The van der Waals surface area contributed by atoms with Gasteiger partial charge in [-0.3, -0.25) is 0 Å². The van der Waals surface area contributed by atoms with Crippen LogP contribution in [-0.2, 0) is 0 Å². The monoisotopic (exact) mass is 437 g/mol. The molecule has 0 aliphatic rings. The first kappa shape index (κ1) is 16.5. The van der Waals surface area contributed by atoms with E-state index in [4.69, 9.17) is 11.6 Å². The fraction of sp³-hybridized carbons (Fsp3) is 0.200. The Labute approximate surface area is 113 Å². The van der Waals surface area contributed by atoms with Gasteiger partial charge in [-0.05, 0) is 19.1 Å². The molecule has 0 unspecified atom stereocenters. The quantitative estimate of drug-likeness (QED) is 0.496. The molecule has 0 bridgehead atoms. The van der Waals surface area contributed by atoms with Crippen LogP contribution < -0.4 is 4.74 Å². The SMILES string of the molecule is Cc1ccc(OC(=O)Cl)cc1.[CH2-]C.[U]. The van der Waals surface area contributed by atoms with E-state index in [2.05, 4.69) is 11.7 Å². The Morgan fingerprint density at radius 3 is 2.07 bits per heavy atom. The van der Waals surface area contributed by atoms with Gasteiger partial charge in [0.25, 0.3) is 0 Å². The molecule has 1 rings (SSSR count). The molecular weight excluding hydrogens is 426 g/mol. The predicted molar refractivity (Wildman–Crippen MR) is 54.1 cm³/mol. The Hall–Kier alpha value is 0.0319. The van der Waals surface area contributed by atoms with Crippen molar-refractivity contribution in [3.05, 3.63) is 36.8 Å². The summed E-state index contributed by atoms with van der Waals surface area (Å²) >= 11 is 4.99. The first-order valence-corrected chi connectivity index (χ1v) is 4.21. The van der Waals surface area contributed by atoms with Crippen molar-refractivity contribution in [2.45, 2.75) is 13.8 Å². The van der Waals surface area contributed by atoms with E-state index in [1.54, 1.807) is 19.1 Å². The number of carbonyl (C=O) groups excluding carboxylic acids is 1. The maximum Gasteiger partial charge on any atom is 0.409 e. The molecule has 0 fully saturated rings. The van der Waals surface area contributed by atoms with Gasteiger partial charge < -0.3 is 11.7 Å². The first-order valence-electron chi connectivity index (χ1n) is 3.83. The van der Waals surface area contributed by atoms with Crippen molar-refractivity contribution in [2.75, 3.05) is 0 Å².